The molecule has 1 atom stereocenters. The maximum Gasteiger partial charge on any atom is 0.118 e. The lowest BCUT2D eigenvalue weighted by Gasteiger charge is -2.18. The molecular weight excluding hydrogens is 236 g/mol. The van der Waals surface area contributed by atoms with Crippen molar-refractivity contribution in [1.29, 1.82) is 0 Å². The average molecular weight is 258 g/mol. The quantitative estimate of drug-likeness (QED) is 0.726. The highest BCUT2D eigenvalue weighted by molar-refractivity contribution is 5.27. The van der Waals surface area contributed by atoms with E-state index in [2.05, 4.69) is 37.3 Å². The van der Waals surface area contributed by atoms with Crippen LogP contribution in [0.1, 0.15) is 32.6 Å². The summed E-state index contributed by atoms with van der Waals surface area (Å²) in [5, 5.41) is 0. The topological polar surface area (TPSA) is 18.5 Å². The van der Waals surface area contributed by atoms with Crippen LogP contribution in [0, 0.1) is 0 Å². The molecule has 2 rings (SSSR count). The van der Waals surface area contributed by atoms with Crippen LogP contribution in [-0.4, -0.2) is 13.2 Å². The molecule has 0 aromatic heterocycles. The van der Waals surface area contributed by atoms with Crippen LogP contribution >= 0.6 is 0 Å². The molecule has 0 heterocycles. The van der Waals surface area contributed by atoms with Crippen molar-refractivity contribution in [2.75, 3.05) is 7.11 Å². The molecule has 0 saturated heterocycles. The van der Waals surface area contributed by atoms with Crippen LogP contribution in [0.4, 0.5) is 0 Å². The Hall–Kier alpha value is -1.70. The third-order valence-electron chi connectivity index (χ3n) is 3.23. The number of hydrogen-bond acceptors (Lipinski definition) is 2. The van der Waals surface area contributed by atoms with Gasteiger partial charge in [0.1, 0.15) is 11.5 Å². The number of rotatable bonds is 5. The standard InChI is InChI=1S/C17H22O2/c1-14(19-17-8-4-3-5-9-17)13-15-7-6-10-16(18-2)12-11-15/h4,6,8-12,14H,3,5,7,13H2,1-2H3. The number of hydrogen-bond donors (Lipinski definition) is 0. The fourth-order valence-electron chi connectivity index (χ4n) is 2.26. The first kappa shape index (κ1) is 13.7. The van der Waals surface area contributed by atoms with Crippen molar-refractivity contribution < 1.29 is 9.47 Å². The van der Waals surface area contributed by atoms with Gasteiger partial charge in [0.15, 0.2) is 0 Å². The first-order chi connectivity index (χ1) is 9.28. The van der Waals surface area contributed by atoms with E-state index in [0.717, 1.165) is 37.2 Å². The van der Waals surface area contributed by atoms with E-state index in [1.54, 1.807) is 7.11 Å². The molecule has 2 nitrogen and oxygen atoms in total. The fraction of sp³-hybridized carbons (Fsp3) is 0.412. The largest absolute Gasteiger partial charge is 0.497 e. The van der Waals surface area contributed by atoms with Crippen molar-refractivity contribution in [1.82, 2.24) is 0 Å². The summed E-state index contributed by atoms with van der Waals surface area (Å²) in [5.41, 5.74) is 1.37. The van der Waals surface area contributed by atoms with Gasteiger partial charge in [0.2, 0.25) is 0 Å². The lowest BCUT2D eigenvalue weighted by Crippen LogP contribution is -2.09. The molecule has 0 fully saturated rings. The van der Waals surface area contributed by atoms with Crippen molar-refractivity contribution in [3.05, 3.63) is 59.6 Å². The summed E-state index contributed by atoms with van der Waals surface area (Å²) in [6.07, 6.45) is 19.1. The van der Waals surface area contributed by atoms with Gasteiger partial charge >= 0.3 is 0 Å². The van der Waals surface area contributed by atoms with E-state index in [0.29, 0.717) is 0 Å². The molecule has 19 heavy (non-hydrogen) atoms. The van der Waals surface area contributed by atoms with Gasteiger partial charge in [0, 0.05) is 6.42 Å². The van der Waals surface area contributed by atoms with Crippen LogP contribution < -0.4 is 0 Å². The van der Waals surface area contributed by atoms with E-state index in [9.17, 15) is 0 Å². The summed E-state index contributed by atoms with van der Waals surface area (Å²) in [5.74, 6) is 1.91. The smallest absolute Gasteiger partial charge is 0.118 e. The summed E-state index contributed by atoms with van der Waals surface area (Å²) in [6.45, 7) is 2.12. The zero-order valence-electron chi connectivity index (χ0n) is 11.8. The highest BCUT2D eigenvalue weighted by Crippen LogP contribution is 2.20. The molecule has 2 aliphatic carbocycles. The first-order valence-electron chi connectivity index (χ1n) is 6.91. The predicted molar refractivity (Wildman–Crippen MR) is 78.6 cm³/mol. The van der Waals surface area contributed by atoms with Crippen LogP contribution in [0.5, 0.6) is 0 Å². The minimum absolute atomic E-state index is 0.200. The van der Waals surface area contributed by atoms with Crippen molar-refractivity contribution in [3.8, 4) is 0 Å². The second kappa shape index (κ2) is 7.03. The van der Waals surface area contributed by atoms with Crippen molar-refractivity contribution >= 4 is 0 Å². The van der Waals surface area contributed by atoms with E-state index in [1.807, 2.05) is 12.2 Å². The highest BCUT2D eigenvalue weighted by atomic mass is 16.5. The molecule has 0 aliphatic heterocycles. The Bertz CT molecular complexity index is 450. The van der Waals surface area contributed by atoms with Crippen LogP contribution in [0.15, 0.2) is 59.6 Å². The van der Waals surface area contributed by atoms with Gasteiger partial charge in [-0.1, -0.05) is 23.8 Å². The maximum absolute atomic E-state index is 5.95. The summed E-state index contributed by atoms with van der Waals surface area (Å²) < 4.78 is 11.2. The third kappa shape index (κ3) is 4.47. The van der Waals surface area contributed by atoms with E-state index < -0.39 is 0 Å². The van der Waals surface area contributed by atoms with Crippen LogP contribution in [-0.2, 0) is 9.47 Å². The number of ether oxygens (including phenoxy) is 2. The van der Waals surface area contributed by atoms with Gasteiger partial charge in [-0.3, -0.25) is 0 Å². The summed E-state index contributed by atoms with van der Waals surface area (Å²) in [7, 11) is 1.70. The van der Waals surface area contributed by atoms with E-state index >= 15 is 0 Å². The summed E-state index contributed by atoms with van der Waals surface area (Å²) in [4.78, 5) is 0. The number of allylic oxidation sites excluding steroid dienone is 7. The Morgan fingerprint density at radius 3 is 2.68 bits per heavy atom. The lowest BCUT2D eigenvalue weighted by molar-refractivity contribution is 0.139. The van der Waals surface area contributed by atoms with Gasteiger partial charge in [-0.2, -0.15) is 0 Å². The molecule has 0 amide bonds. The fourth-order valence-corrected chi connectivity index (χ4v) is 2.26. The van der Waals surface area contributed by atoms with Crippen LogP contribution in [0.25, 0.3) is 0 Å². The Morgan fingerprint density at radius 1 is 1.11 bits per heavy atom. The van der Waals surface area contributed by atoms with Crippen molar-refractivity contribution in [3.63, 3.8) is 0 Å². The third-order valence-corrected chi connectivity index (χ3v) is 3.23. The van der Waals surface area contributed by atoms with Crippen LogP contribution in [0.3, 0.4) is 0 Å². The molecule has 102 valence electrons. The second-order valence-corrected chi connectivity index (χ2v) is 4.92. The summed E-state index contributed by atoms with van der Waals surface area (Å²) in [6, 6.07) is 0. The zero-order chi connectivity index (χ0) is 13.5. The van der Waals surface area contributed by atoms with Crippen molar-refractivity contribution in [2.45, 2.75) is 38.7 Å². The summed E-state index contributed by atoms with van der Waals surface area (Å²) >= 11 is 0. The lowest BCUT2D eigenvalue weighted by atomic mass is 10.1. The minimum Gasteiger partial charge on any atom is -0.497 e. The number of methoxy groups -OCH3 is 1. The van der Waals surface area contributed by atoms with E-state index in [-0.39, 0.29) is 6.10 Å². The maximum atomic E-state index is 5.95. The SMILES string of the molecule is COC1=CC=C(CC(C)OC2=CCCC=C2)CC=C1. The van der Waals surface area contributed by atoms with Gasteiger partial charge in [0.25, 0.3) is 0 Å². The molecule has 0 aromatic carbocycles. The average Bonchev–Trinajstić information content (AvgIpc) is 2.65. The molecule has 0 bridgehead atoms. The normalized spacial score (nSPS) is 20.0. The highest BCUT2D eigenvalue weighted by Gasteiger charge is 2.09. The van der Waals surface area contributed by atoms with Gasteiger partial charge in [-0.15, -0.1) is 0 Å². The molecule has 0 N–H and O–H groups in total. The van der Waals surface area contributed by atoms with Crippen LogP contribution in [0.2, 0.25) is 0 Å². The van der Waals surface area contributed by atoms with Crippen molar-refractivity contribution in [2.24, 2.45) is 0 Å². The zero-order valence-corrected chi connectivity index (χ0v) is 11.8. The molecule has 2 aliphatic rings. The second-order valence-electron chi connectivity index (χ2n) is 4.92. The molecule has 0 spiro atoms. The Balaban J connectivity index is 1.88. The first-order valence-corrected chi connectivity index (χ1v) is 6.91. The van der Waals surface area contributed by atoms with E-state index in [4.69, 9.17) is 9.47 Å². The van der Waals surface area contributed by atoms with Gasteiger partial charge < -0.3 is 9.47 Å². The van der Waals surface area contributed by atoms with Gasteiger partial charge in [-0.25, -0.2) is 0 Å². The minimum atomic E-state index is 0.200. The molecular formula is C17H22O2. The Labute approximate surface area is 115 Å². The van der Waals surface area contributed by atoms with Gasteiger partial charge in [0.05, 0.1) is 13.2 Å². The molecule has 2 heteroatoms. The Kier molecular flexibility index (Phi) is 5.08. The Morgan fingerprint density at radius 2 is 1.95 bits per heavy atom. The monoisotopic (exact) mass is 258 g/mol. The molecule has 0 aromatic rings. The molecule has 0 saturated carbocycles. The molecule has 0 radical (unpaired) electrons. The predicted octanol–water partition coefficient (Wildman–Crippen LogP) is 4.43. The molecule has 1 unspecified atom stereocenters. The van der Waals surface area contributed by atoms with Gasteiger partial charge in [-0.05, 0) is 50.5 Å². The van der Waals surface area contributed by atoms with E-state index in [1.165, 1.54) is 5.57 Å².